The van der Waals surface area contributed by atoms with Gasteiger partial charge in [0.2, 0.25) is 0 Å². The summed E-state index contributed by atoms with van der Waals surface area (Å²) < 4.78 is 50.5. The lowest BCUT2D eigenvalue weighted by molar-refractivity contribution is -0.334. The van der Waals surface area contributed by atoms with Crippen molar-refractivity contribution in [2.24, 2.45) is 0 Å². The van der Waals surface area contributed by atoms with E-state index < -0.39 is 18.1 Å². The smallest absolute Gasteiger partial charge is 0.299 e. The first-order valence-corrected chi connectivity index (χ1v) is 2.80. The van der Waals surface area contributed by atoms with Crippen molar-refractivity contribution in [2.75, 3.05) is 6.07 Å². The Labute approximate surface area is 59.9 Å². The van der Waals surface area contributed by atoms with Gasteiger partial charge in [0.15, 0.2) is 0 Å². The van der Waals surface area contributed by atoms with Crippen molar-refractivity contribution in [1.29, 1.82) is 0 Å². The van der Waals surface area contributed by atoms with Gasteiger partial charge in [-0.3, -0.25) is 4.74 Å². The van der Waals surface area contributed by atoms with Crippen molar-refractivity contribution in [2.45, 2.75) is 19.0 Å². The summed E-state index contributed by atoms with van der Waals surface area (Å²) >= 11 is 4.66. The maximum Gasteiger partial charge on any atom is 0.420 e. The van der Waals surface area contributed by atoms with E-state index in [9.17, 15) is 17.6 Å². The van der Waals surface area contributed by atoms with Gasteiger partial charge in [-0.25, -0.2) is 0 Å². The van der Waals surface area contributed by atoms with Crippen LogP contribution in [0.4, 0.5) is 17.6 Å². The molecule has 0 radical (unpaired) electrons. The second kappa shape index (κ2) is 2.92. The number of hydrogen-bond donors (Lipinski definition) is 0. The molecule has 62 valence electrons. The molecule has 0 fully saturated rings. The van der Waals surface area contributed by atoms with Crippen molar-refractivity contribution in [3.05, 3.63) is 0 Å². The summed E-state index contributed by atoms with van der Waals surface area (Å²) in [5, 5.41) is 0. The first-order valence-electron chi connectivity index (χ1n) is 2.27. The molecule has 0 heterocycles. The van der Waals surface area contributed by atoms with E-state index in [1.165, 1.54) is 0 Å². The zero-order valence-electron chi connectivity index (χ0n) is 5.01. The Hall–Kier alpha value is -0.0300. The number of ether oxygens (including phenoxy) is 1. The molecule has 0 rings (SSSR count). The Kier molecular flexibility index (Phi) is 2.91. The maximum atomic E-state index is 11.9. The van der Waals surface area contributed by atoms with E-state index in [4.69, 9.17) is 0 Å². The Morgan fingerprint density at radius 2 is 1.70 bits per heavy atom. The van der Waals surface area contributed by atoms with Crippen molar-refractivity contribution >= 4 is 11.6 Å². The largest absolute Gasteiger partial charge is 0.420 e. The predicted octanol–water partition coefficient (Wildman–Crippen LogP) is 2.45. The van der Waals surface area contributed by atoms with Gasteiger partial charge in [-0.1, -0.05) is 11.6 Å². The molecule has 0 bridgehead atoms. The van der Waals surface area contributed by atoms with Crippen LogP contribution in [0.15, 0.2) is 0 Å². The molecule has 0 saturated carbocycles. The lowest BCUT2D eigenvalue weighted by Crippen LogP contribution is -2.39. The van der Waals surface area contributed by atoms with Gasteiger partial charge in [-0.2, -0.15) is 17.6 Å². The van der Waals surface area contributed by atoms with Gasteiger partial charge in [0.25, 0.3) is 0 Å². The molecule has 0 aromatic heterocycles. The molecule has 0 aliphatic carbocycles. The summed E-state index contributed by atoms with van der Waals surface area (Å²) in [4.78, 5) is 0. The highest BCUT2D eigenvalue weighted by Crippen LogP contribution is 2.34. The Bertz CT molecular complexity index is 110. The predicted molar refractivity (Wildman–Crippen MR) is 27.4 cm³/mol. The van der Waals surface area contributed by atoms with Gasteiger partial charge >= 0.3 is 12.0 Å². The molecule has 0 spiro atoms. The van der Waals surface area contributed by atoms with Crippen molar-refractivity contribution in [1.82, 2.24) is 0 Å². The van der Waals surface area contributed by atoms with Gasteiger partial charge in [0, 0.05) is 6.92 Å². The van der Waals surface area contributed by atoms with Gasteiger partial charge < -0.3 is 0 Å². The highest BCUT2D eigenvalue weighted by molar-refractivity contribution is 6.17. The van der Waals surface area contributed by atoms with Crippen LogP contribution in [0.2, 0.25) is 0 Å². The Balaban J connectivity index is 4.10. The van der Waals surface area contributed by atoms with Crippen molar-refractivity contribution in [3.8, 4) is 0 Å². The molecule has 10 heavy (non-hydrogen) atoms. The average Bonchev–Trinajstić information content (AvgIpc) is 1.61. The highest BCUT2D eigenvalue weighted by atomic mass is 35.5. The number of hydrogen-bond acceptors (Lipinski definition) is 1. The van der Waals surface area contributed by atoms with Crippen LogP contribution < -0.4 is 0 Å². The van der Waals surface area contributed by atoms with Crippen LogP contribution >= 0.6 is 11.6 Å². The number of halogens is 5. The van der Waals surface area contributed by atoms with Gasteiger partial charge in [0.05, 0.1) is 0 Å². The van der Waals surface area contributed by atoms with E-state index in [0.29, 0.717) is 0 Å². The summed E-state index contributed by atoms with van der Waals surface area (Å²) in [6.07, 6.45) is -4.48. The minimum Gasteiger partial charge on any atom is -0.299 e. The fraction of sp³-hybridized carbons (Fsp3) is 1.00. The van der Waals surface area contributed by atoms with E-state index in [1.54, 1.807) is 0 Å². The molecule has 0 aromatic rings. The number of alkyl halides is 5. The van der Waals surface area contributed by atoms with Gasteiger partial charge in [0.1, 0.15) is 6.07 Å². The SMILES string of the molecule is CC(F)(F)C(F)(F)OCCl. The molecule has 0 aromatic carbocycles. The molecule has 0 unspecified atom stereocenters. The minimum absolute atomic E-state index is 0.0551. The zero-order chi connectivity index (χ0) is 8.41. The quantitative estimate of drug-likeness (QED) is 0.479. The second-order valence-electron chi connectivity index (χ2n) is 1.66. The zero-order valence-corrected chi connectivity index (χ0v) is 5.76. The molecule has 0 atom stereocenters. The lowest BCUT2D eigenvalue weighted by atomic mass is 10.4. The van der Waals surface area contributed by atoms with Crippen molar-refractivity contribution < 1.29 is 22.3 Å². The fourth-order valence-corrected chi connectivity index (χ4v) is 0.332. The summed E-state index contributed by atoms with van der Waals surface area (Å²) in [6, 6.07) is -0.962. The highest BCUT2D eigenvalue weighted by Gasteiger charge is 2.53. The first kappa shape index (κ1) is 9.97. The van der Waals surface area contributed by atoms with E-state index >= 15 is 0 Å². The maximum absolute atomic E-state index is 11.9. The standard InChI is InChI=1S/C4H5ClF4O/c1-3(6,7)4(8,9)10-2-5/h2H2,1H3. The van der Waals surface area contributed by atoms with Gasteiger partial charge in [-0.15, -0.1) is 0 Å². The molecule has 0 saturated heterocycles. The average molecular weight is 181 g/mol. The van der Waals surface area contributed by atoms with Crippen LogP contribution in [-0.2, 0) is 4.74 Å². The summed E-state index contributed by atoms with van der Waals surface area (Å²) in [5.41, 5.74) is 0. The molecule has 0 aliphatic rings. The van der Waals surface area contributed by atoms with E-state index in [-0.39, 0.29) is 6.92 Å². The lowest BCUT2D eigenvalue weighted by Gasteiger charge is -2.21. The molecule has 0 amide bonds. The molecular formula is C4H5ClF4O. The van der Waals surface area contributed by atoms with E-state index in [2.05, 4.69) is 16.3 Å². The van der Waals surface area contributed by atoms with Crippen molar-refractivity contribution in [3.63, 3.8) is 0 Å². The minimum atomic E-state index is -4.48. The third-order valence-corrected chi connectivity index (χ3v) is 0.856. The van der Waals surface area contributed by atoms with Crippen LogP contribution in [0.1, 0.15) is 6.92 Å². The summed E-state index contributed by atoms with van der Waals surface area (Å²) in [7, 11) is 0. The molecule has 0 aliphatic heterocycles. The summed E-state index contributed by atoms with van der Waals surface area (Å²) in [5.74, 6) is -4.19. The molecular weight excluding hydrogens is 175 g/mol. The van der Waals surface area contributed by atoms with Crippen LogP contribution in [0, 0.1) is 0 Å². The fourth-order valence-electron chi connectivity index (χ4n) is 0.195. The monoisotopic (exact) mass is 180 g/mol. The van der Waals surface area contributed by atoms with Crippen LogP contribution in [0.5, 0.6) is 0 Å². The normalized spacial score (nSPS) is 13.8. The van der Waals surface area contributed by atoms with E-state index in [0.717, 1.165) is 0 Å². The van der Waals surface area contributed by atoms with Gasteiger partial charge in [-0.05, 0) is 0 Å². The van der Waals surface area contributed by atoms with E-state index in [1.807, 2.05) is 0 Å². The first-order chi connectivity index (χ1) is 4.31. The van der Waals surface area contributed by atoms with Crippen LogP contribution in [0.25, 0.3) is 0 Å². The third-order valence-electron chi connectivity index (χ3n) is 0.747. The topological polar surface area (TPSA) is 9.23 Å². The Morgan fingerprint density at radius 3 is 1.80 bits per heavy atom. The number of rotatable bonds is 3. The van der Waals surface area contributed by atoms with Crippen LogP contribution in [0.3, 0.4) is 0 Å². The summed E-state index contributed by atoms with van der Waals surface area (Å²) in [6.45, 7) is 0.0551. The molecule has 6 heteroatoms. The van der Waals surface area contributed by atoms with Crippen LogP contribution in [-0.4, -0.2) is 18.1 Å². The molecule has 0 N–H and O–H groups in total. The Morgan fingerprint density at radius 1 is 1.30 bits per heavy atom. The molecule has 1 nitrogen and oxygen atoms in total. The second-order valence-corrected chi connectivity index (χ2v) is 1.88. The third kappa shape index (κ3) is 2.30.